The van der Waals surface area contributed by atoms with Crippen molar-refractivity contribution in [1.82, 2.24) is 14.5 Å². The van der Waals surface area contributed by atoms with Crippen LogP contribution in [-0.4, -0.2) is 63.8 Å². The lowest BCUT2D eigenvalue weighted by Gasteiger charge is -2.27. The molecule has 2 aromatic heterocycles. The lowest BCUT2D eigenvalue weighted by molar-refractivity contribution is 0.0551. The first-order chi connectivity index (χ1) is 17.8. The summed E-state index contributed by atoms with van der Waals surface area (Å²) in [5.41, 5.74) is 4.06. The molecule has 8 heteroatoms. The number of hydrogen-bond acceptors (Lipinski definition) is 5. The lowest BCUT2D eigenvalue weighted by atomic mass is 9.97. The van der Waals surface area contributed by atoms with E-state index < -0.39 is 15.5 Å². The minimum atomic E-state index is -2.81. The molecule has 4 heterocycles. The summed E-state index contributed by atoms with van der Waals surface area (Å²) in [5.74, 6) is 0.932. The quantitative estimate of drug-likeness (QED) is 0.400. The molecular formula is C29H39FN4O2S. The molecule has 0 amide bonds. The smallest absolute Gasteiger partial charge is 0.124 e. The van der Waals surface area contributed by atoms with Crippen LogP contribution in [-0.2, 0) is 20.9 Å². The number of aromatic nitrogens is 2. The molecule has 0 saturated carbocycles. The van der Waals surface area contributed by atoms with E-state index in [1.54, 1.807) is 13.1 Å². The van der Waals surface area contributed by atoms with Gasteiger partial charge in [0.05, 0.1) is 32.0 Å². The maximum absolute atomic E-state index is 14.5. The molecular weight excluding hydrogens is 487 g/mol. The Bertz CT molecular complexity index is 1390. The van der Waals surface area contributed by atoms with Crippen LogP contribution in [0.25, 0.3) is 16.6 Å². The second kappa shape index (κ2) is 10.8. The third-order valence-electron chi connectivity index (χ3n) is 8.12. The number of likely N-dealkylation sites (tertiary alicyclic amines) is 1. The topological polar surface area (TPSA) is 59.7 Å². The largest absolute Gasteiger partial charge is 0.381 e. The fourth-order valence-electron chi connectivity index (χ4n) is 6.13. The van der Waals surface area contributed by atoms with Gasteiger partial charge < -0.3 is 14.2 Å². The van der Waals surface area contributed by atoms with Crippen molar-refractivity contribution < 1.29 is 13.3 Å². The van der Waals surface area contributed by atoms with Gasteiger partial charge in [-0.25, -0.2) is 13.0 Å². The van der Waals surface area contributed by atoms with Gasteiger partial charge in [-0.3, -0.25) is 4.98 Å². The summed E-state index contributed by atoms with van der Waals surface area (Å²) in [7, 11) is -1.25. The molecule has 2 aliphatic heterocycles. The third-order valence-corrected chi connectivity index (χ3v) is 10.9. The van der Waals surface area contributed by atoms with Gasteiger partial charge >= 0.3 is 0 Å². The second-order valence-electron chi connectivity index (χ2n) is 11.0. The molecule has 37 heavy (non-hydrogen) atoms. The van der Waals surface area contributed by atoms with Crippen LogP contribution in [0.15, 0.2) is 46.0 Å². The lowest BCUT2D eigenvalue weighted by Crippen LogP contribution is -2.31. The summed E-state index contributed by atoms with van der Waals surface area (Å²) in [6.07, 6.45) is 10.4. The van der Waals surface area contributed by atoms with Crippen LogP contribution in [0.1, 0.15) is 44.2 Å². The first kappa shape index (κ1) is 26.3. The Kier molecular flexibility index (Phi) is 7.70. The van der Waals surface area contributed by atoms with E-state index in [0.717, 1.165) is 49.7 Å². The maximum Gasteiger partial charge on any atom is 0.124 e. The summed E-state index contributed by atoms with van der Waals surface area (Å²) in [6, 6.07) is 4.56. The van der Waals surface area contributed by atoms with Crippen molar-refractivity contribution >= 4 is 20.6 Å². The van der Waals surface area contributed by atoms with Crippen LogP contribution in [0, 0.1) is 24.6 Å². The molecule has 2 saturated heterocycles. The van der Waals surface area contributed by atoms with E-state index in [1.165, 1.54) is 48.9 Å². The SMILES string of the molecule is CN=[S@](=O)(c1cc(F)ccc1-n1cc(C[C@H]2CCN(CC3CCOCC3)C2)c2c(C)cncc21)C(C)C. The number of halogens is 1. The van der Waals surface area contributed by atoms with Crippen molar-refractivity contribution in [1.29, 1.82) is 0 Å². The average Bonchev–Trinajstić information content (AvgIpc) is 3.49. The Morgan fingerprint density at radius 1 is 1.19 bits per heavy atom. The predicted octanol–water partition coefficient (Wildman–Crippen LogP) is 5.63. The summed E-state index contributed by atoms with van der Waals surface area (Å²) in [4.78, 5) is 7.55. The molecule has 0 unspecified atom stereocenters. The minimum absolute atomic E-state index is 0.251. The standard InChI is InChI=1S/C29H39FN4O2S/c1-20(2)37(35,31-4)28-14-25(30)5-6-26(28)34-19-24(29-21(3)15-32-16-27(29)34)13-23-7-10-33(18-23)17-22-8-11-36-12-9-22/h5-6,14-16,19-20,22-23H,7-13,17-18H2,1-4H3/t23-,37-/m1/s1. The van der Waals surface area contributed by atoms with Crippen LogP contribution in [0.4, 0.5) is 4.39 Å². The number of nitrogens with zero attached hydrogens (tertiary/aromatic N) is 4. The Hall–Kier alpha value is -2.29. The molecule has 0 bridgehead atoms. The van der Waals surface area contributed by atoms with E-state index in [4.69, 9.17) is 4.74 Å². The molecule has 6 nitrogen and oxygen atoms in total. The van der Waals surface area contributed by atoms with E-state index in [9.17, 15) is 8.60 Å². The first-order valence-corrected chi connectivity index (χ1v) is 15.1. The number of hydrogen-bond donors (Lipinski definition) is 0. The van der Waals surface area contributed by atoms with Gasteiger partial charge in [-0.2, -0.15) is 0 Å². The number of aryl methyl sites for hydroxylation is 1. The zero-order valence-electron chi connectivity index (χ0n) is 22.5. The molecule has 0 radical (unpaired) electrons. The van der Waals surface area contributed by atoms with Gasteiger partial charge in [0.2, 0.25) is 0 Å². The Morgan fingerprint density at radius 3 is 2.70 bits per heavy atom. The van der Waals surface area contributed by atoms with E-state index in [2.05, 4.69) is 31.9 Å². The highest BCUT2D eigenvalue weighted by molar-refractivity contribution is 7.94. The van der Waals surface area contributed by atoms with Crippen molar-refractivity contribution in [3.05, 3.63) is 53.7 Å². The maximum atomic E-state index is 14.5. The fourth-order valence-corrected chi connectivity index (χ4v) is 8.00. The van der Waals surface area contributed by atoms with Gasteiger partial charge in [-0.05, 0) is 94.2 Å². The monoisotopic (exact) mass is 526 g/mol. The van der Waals surface area contributed by atoms with Crippen molar-refractivity contribution in [2.45, 2.75) is 56.6 Å². The van der Waals surface area contributed by atoms with E-state index in [1.807, 2.05) is 26.2 Å². The Morgan fingerprint density at radius 2 is 1.97 bits per heavy atom. The van der Waals surface area contributed by atoms with Gasteiger partial charge in [0.25, 0.3) is 0 Å². The molecule has 0 N–H and O–H groups in total. The third kappa shape index (κ3) is 5.20. The van der Waals surface area contributed by atoms with Gasteiger partial charge in [0, 0.05) is 56.4 Å². The van der Waals surface area contributed by atoms with Crippen molar-refractivity contribution in [2.75, 3.05) is 39.9 Å². The molecule has 2 atom stereocenters. The summed E-state index contributed by atoms with van der Waals surface area (Å²) in [5, 5.41) is 0.942. The van der Waals surface area contributed by atoms with Crippen molar-refractivity contribution in [2.24, 2.45) is 16.2 Å². The van der Waals surface area contributed by atoms with E-state index in [0.29, 0.717) is 16.5 Å². The number of rotatable bonds is 7. The van der Waals surface area contributed by atoms with Crippen LogP contribution in [0.5, 0.6) is 0 Å². The minimum Gasteiger partial charge on any atom is -0.381 e. The second-order valence-corrected chi connectivity index (χ2v) is 13.8. The van der Waals surface area contributed by atoms with Crippen LogP contribution in [0.3, 0.4) is 0 Å². The normalized spacial score (nSPS) is 21.1. The number of fused-ring (bicyclic) bond motifs is 1. The van der Waals surface area contributed by atoms with E-state index >= 15 is 0 Å². The fraction of sp³-hybridized carbons (Fsp3) is 0.552. The Balaban J connectivity index is 1.49. The van der Waals surface area contributed by atoms with Crippen molar-refractivity contribution in [3.8, 4) is 5.69 Å². The molecule has 5 rings (SSSR count). The predicted molar refractivity (Wildman–Crippen MR) is 147 cm³/mol. The van der Waals surface area contributed by atoms with Crippen LogP contribution >= 0.6 is 0 Å². The van der Waals surface area contributed by atoms with E-state index in [-0.39, 0.29) is 5.25 Å². The van der Waals surface area contributed by atoms with Crippen molar-refractivity contribution in [3.63, 3.8) is 0 Å². The average molecular weight is 527 g/mol. The zero-order valence-corrected chi connectivity index (χ0v) is 23.3. The summed E-state index contributed by atoms with van der Waals surface area (Å²) < 4.78 is 40.2. The van der Waals surface area contributed by atoms with Crippen LogP contribution < -0.4 is 0 Å². The number of pyridine rings is 1. The van der Waals surface area contributed by atoms with Gasteiger partial charge in [0.15, 0.2) is 0 Å². The van der Waals surface area contributed by atoms with Gasteiger partial charge in [-0.1, -0.05) is 0 Å². The number of ether oxygens (including phenoxy) is 1. The molecule has 1 aromatic carbocycles. The molecule has 3 aromatic rings. The zero-order chi connectivity index (χ0) is 26.2. The van der Waals surface area contributed by atoms with Gasteiger partial charge in [-0.15, -0.1) is 0 Å². The first-order valence-electron chi connectivity index (χ1n) is 13.5. The highest BCUT2D eigenvalue weighted by Crippen LogP contribution is 2.34. The van der Waals surface area contributed by atoms with Crippen LogP contribution in [0.2, 0.25) is 0 Å². The molecule has 2 fully saturated rings. The Labute approximate surface area is 220 Å². The molecule has 0 aliphatic carbocycles. The molecule has 200 valence electrons. The summed E-state index contributed by atoms with van der Waals surface area (Å²) >= 11 is 0. The highest BCUT2D eigenvalue weighted by atomic mass is 32.2. The highest BCUT2D eigenvalue weighted by Gasteiger charge is 2.28. The van der Waals surface area contributed by atoms with Gasteiger partial charge in [0.1, 0.15) is 5.82 Å². The molecule has 2 aliphatic rings. The molecule has 0 spiro atoms. The number of benzene rings is 1. The summed E-state index contributed by atoms with van der Waals surface area (Å²) in [6.45, 7) is 11.1.